The van der Waals surface area contributed by atoms with Crippen LogP contribution in [0.25, 0.3) is 0 Å². The van der Waals surface area contributed by atoms with Gasteiger partial charge < -0.3 is 10.1 Å². The molecule has 7 nitrogen and oxygen atoms in total. The summed E-state index contributed by atoms with van der Waals surface area (Å²) in [5.41, 5.74) is 0. The lowest BCUT2D eigenvalue weighted by molar-refractivity contribution is -0.126. The molecule has 3 aliphatic carbocycles. The second-order valence-corrected chi connectivity index (χ2v) is 12.4. The molecule has 0 saturated heterocycles. The van der Waals surface area contributed by atoms with Crippen LogP contribution in [0.3, 0.4) is 0 Å². The number of fused-ring (bicyclic) bond motifs is 1. The van der Waals surface area contributed by atoms with Gasteiger partial charge >= 0.3 is 0 Å². The Morgan fingerprint density at radius 2 is 1.69 bits per heavy atom. The molecular formula is C24H42N2O5S. The topological polar surface area (TPSA) is 102 Å². The Balaban J connectivity index is 1.44. The third kappa shape index (κ3) is 6.54. The van der Waals surface area contributed by atoms with Gasteiger partial charge in [0.15, 0.2) is 0 Å². The minimum absolute atomic E-state index is 0.00343. The van der Waals surface area contributed by atoms with Crippen LogP contribution in [0.1, 0.15) is 84.5 Å². The van der Waals surface area contributed by atoms with Crippen molar-refractivity contribution in [2.75, 3.05) is 13.7 Å². The van der Waals surface area contributed by atoms with Gasteiger partial charge in [0, 0.05) is 31.5 Å². The highest BCUT2D eigenvalue weighted by Gasteiger charge is 2.38. The van der Waals surface area contributed by atoms with Crippen molar-refractivity contribution >= 4 is 21.7 Å². The number of ketones is 1. The molecule has 32 heavy (non-hydrogen) atoms. The van der Waals surface area contributed by atoms with Crippen molar-refractivity contribution < 1.29 is 22.7 Å². The summed E-state index contributed by atoms with van der Waals surface area (Å²) >= 11 is 0. The summed E-state index contributed by atoms with van der Waals surface area (Å²) in [7, 11) is -1.91. The number of hydrogen-bond donors (Lipinski definition) is 2. The molecule has 0 aromatic carbocycles. The van der Waals surface area contributed by atoms with Gasteiger partial charge in [0.2, 0.25) is 15.9 Å². The van der Waals surface area contributed by atoms with Crippen molar-refractivity contribution in [3.63, 3.8) is 0 Å². The highest BCUT2D eigenvalue weighted by Crippen LogP contribution is 2.42. The Kier molecular flexibility index (Phi) is 9.15. The highest BCUT2D eigenvalue weighted by atomic mass is 32.2. The molecule has 0 radical (unpaired) electrons. The van der Waals surface area contributed by atoms with Crippen LogP contribution in [0.2, 0.25) is 0 Å². The van der Waals surface area contributed by atoms with Gasteiger partial charge in [0.25, 0.3) is 0 Å². The quantitative estimate of drug-likeness (QED) is 0.511. The van der Waals surface area contributed by atoms with Gasteiger partial charge in [-0.1, -0.05) is 26.2 Å². The first-order valence-electron chi connectivity index (χ1n) is 12.5. The normalized spacial score (nSPS) is 32.7. The molecular weight excluding hydrogens is 428 g/mol. The van der Waals surface area contributed by atoms with Crippen LogP contribution in [-0.4, -0.2) is 51.2 Å². The molecule has 8 heteroatoms. The number of rotatable bonds is 10. The number of ether oxygens (including phenoxy) is 1. The van der Waals surface area contributed by atoms with Crippen molar-refractivity contribution in [2.24, 2.45) is 23.7 Å². The Morgan fingerprint density at radius 1 is 1.00 bits per heavy atom. The molecule has 3 aliphatic rings. The van der Waals surface area contributed by atoms with E-state index >= 15 is 0 Å². The maximum atomic E-state index is 12.8. The molecule has 0 bridgehead atoms. The van der Waals surface area contributed by atoms with E-state index in [0.717, 1.165) is 12.3 Å². The summed E-state index contributed by atoms with van der Waals surface area (Å²) in [4.78, 5) is 24.4. The monoisotopic (exact) mass is 470 g/mol. The van der Waals surface area contributed by atoms with Crippen LogP contribution >= 0.6 is 0 Å². The second kappa shape index (κ2) is 11.4. The van der Waals surface area contributed by atoms with E-state index < -0.39 is 15.3 Å². The maximum absolute atomic E-state index is 12.8. The largest absolute Gasteiger partial charge is 0.380 e. The fourth-order valence-electron chi connectivity index (χ4n) is 6.11. The van der Waals surface area contributed by atoms with Crippen LogP contribution < -0.4 is 10.0 Å². The van der Waals surface area contributed by atoms with Crippen LogP contribution in [0, 0.1) is 23.7 Å². The average molecular weight is 471 g/mol. The predicted octanol–water partition coefficient (Wildman–Crippen LogP) is 3.18. The summed E-state index contributed by atoms with van der Waals surface area (Å²) in [6, 6.07) is 0.292. The van der Waals surface area contributed by atoms with Crippen molar-refractivity contribution in [3.8, 4) is 0 Å². The number of carbonyl (C=O) groups excluding carboxylic acids is 2. The van der Waals surface area contributed by atoms with E-state index in [9.17, 15) is 18.0 Å². The van der Waals surface area contributed by atoms with E-state index in [0.29, 0.717) is 44.1 Å². The molecule has 2 N–H and O–H groups in total. The van der Waals surface area contributed by atoms with E-state index in [1.807, 2.05) is 6.92 Å². The Bertz CT molecular complexity index is 747. The minimum Gasteiger partial charge on any atom is -0.380 e. The number of hydrogen-bond acceptors (Lipinski definition) is 5. The van der Waals surface area contributed by atoms with Gasteiger partial charge in [-0.3, -0.25) is 9.59 Å². The van der Waals surface area contributed by atoms with Crippen molar-refractivity contribution in [2.45, 2.75) is 102 Å². The maximum Gasteiger partial charge on any atom is 0.223 e. The number of methoxy groups -OCH3 is 1. The Labute approximate surface area is 193 Å². The predicted molar refractivity (Wildman–Crippen MR) is 125 cm³/mol. The summed E-state index contributed by atoms with van der Waals surface area (Å²) in [6.45, 7) is 3.64. The zero-order chi connectivity index (χ0) is 23.3. The first-order valence-corrected chi connectivity index (χ1v) is 14.1. The zero-order valence-electron chi connectivity index (χ0n) is 20.0. The van der Waals surface area contributed by atoms with Crippen molar-refractivity contribution in [3.05, 3.63) is 0 Å². The van der Waals surface area contributed by atoms with Crippen molar-refractivity contribution in [1.82, 2.24) is 10.0 Å². The molecule has 3 fully saturated rings. The van der Waals surface area contributed by atoms with Crippen LogP contribution in [0.15, 0.2) is 0 Å². The minimum atomic E-state index is -3.47. The first kappa shape index (κ1) is 25.6. The average Bonchev–Trinajstić information content (AvgIpc) is 3.19. The number of nitrogens with one attached hydrogen (secondary N) is 2. The van der Waals surface area contributed by atoms with Gasteiger partial charge in [-0.05, 0) is 70.1 Å². The van der Waals surface area contributed by atoms with Gasteiger partial charge in [0.05, 0.1) is 11.4 Å². The summed E-state index contributed by atoms with van der Waals surface area (Å²) < 4.78 is 33.7. The lowest BCUT2D eigenvalue weighted by Gasteiger charge is -2.30. The molecule has 0 spiro atoms. The lowest BCUT2D eigenvalue weighted by Crippen LogP contribution is -2.44. The second-order valence-electron chi connectivity index (χ2n) is 10.4. The molecule has 0 aliphatic heterocycles. The number of Topliss-reactive ketones (excluding diaryl/α,β-unsaturated/α-hetero) is 1. The molecule has 0 aromatic rings. The van der Waals surface area contributed by atoms with E-state index in [1.165, 1.54) is 32.1 Å². The molecule has 1 amide bonds. The number of sulfonamides is 1. The van der Waals surface area contributed by atoms with Crippen LogP contribution in [0.4, 0.5) is 0 Å². The van der Waals surface area contributed by atoms with E-state index in [2.05, 4.69) is 10.0 Å². The van der Waals surface area contributed by atoms with E-state index in [1.54, 1.807) is 14.0 Å². The summed E-state index contributed by atoms with van der Waals surface area (Å²) in [5, 5.41) is 2.83. The standard InChI is InChI=1S/C24H42N2O5S/c1-16(24(28)26-23-13-10-19-6-4-5-7-22(19)23)14-20(31-3)15-25-32(29,30)21-11-8-18(9-12-21)17(2)27/h16,18-23,25H,4-15H2,1-3H3,(H,26,28). The third-order valence-corrected chi connectivity index (χ3v) is 10.2. The fraction of sp³-hybridized carbons (Fsp3) is 0.917. The van der Waals surface area contributed by atoms with E-state index in [4.69, 9.17) is 4.74 Å². The fourth-order valence-corrected chi connectivity index (χ4v) is 7.65. The molecule has 3 saturated carbocycles. The van der Waals surface area contributed by atoms with Gasteiger partial charge in [-0.15, -0.1) is 0 Å². The van der Waals surface area contributed by atoms with Crippen LogP contribution in [-0.2, 0) is 24.3 Å². The summed E-state index contributed by atoms with van der Waals surface area (Å²) in [5.74, 6) is 1.36. The smallest absolute Gasteiger partial charge is 0.223 e. The van der Waals surface area contributed by atoms with Crippen molar-refractivity contribution in [1.29, 1.82) is 0 Å². The number of carbonyl (C=O) groups is 2. The number of amides is 1. The van der Waals surface area contributed by atoms with Gasteiger partial charge in [-0.2, -0.15) is 0 Å². The first-order chi connectivity index (χ1) is 15.2. The zero-order valence-corrected chi connectivity index (χ0v) is 20.8. The third-order valence-electron chi connectivity index (χ3n) is 8.26. The molecule has 0 heterocycles. The highest BCUT2D eigenvalue weighted by molar-refractivity contribution is 7.90. The SMILES string of the molecule is COC(CNS(=O)(=O)C1CCC(C(C)=O)CC1)CC(C)C(=O)NC1CCC2CCCCC21. The van der Waals surface area contributed by atoms with Crippen LogP contribution in [0.5, 0.6) is 0 Å². The molecule has 5 unspecified atom stereocenters. The van der Waals surface area contributed by atoms with Gasteiger partial charge in [-0.25, -0.2) is 13.1 Å². The molecule has 3 rings (SSSR count). The molecule has 0 aromatic heterocycles. The molecule has 184 valence electrons. The van der Waals surface area contributed by atoms with E-state index in [-0.39, 0.29) is 36.2 Å². The Morgan fingerprint density at radius 3 is 2.34 bits per heavy atom. The lowest BCUT2D eigenvalue weighted by atomic mass is 9.80. The van der Waals surface area contributed by atoms with Gasteiger partial charge in [0.1, 0.15) is 5.78 Å². The Hall–Kier alpha value is -0.990. The summed E-state index contributed by atoms with van der Waals surface area (Å²) in [6.07, 6.45) is 9.83. The molecule has 5 atom stereocenters.